The summed E-state index contributed by atoms with van der Waals surface area (Å²) in [7, 11) is 0. The van der Waals surface area contributed by atoms with Crippen LogP contribution in [0.25, 0.3) is 11.1 Å². The molecule has 2 rings (SSSR count). The number of benzene rings is 1. The van der Waals surface area contributed by atoms with Crippen molar-refractivity contribution in [3.63, 3.8) is 0 Å². The number of ether oxygens (including phenoxy) is 1. The van der Waals surface area contributed by atoms with Gasteiger partial charge in [-0.1, -0.05) is 6.07 Å². The summed E-state index contributed by atoms with van der Waals surface area (Å²) in [4.78, 5) is 0. The zero-order valence-electron chi connectivity index (χ0n) is 10.5. The van der Waals surface area contributed by atoms with Crippen molar-refractivity contribution < 1.29 is 9.13 Å². The molecule has 0 fully saturated rings. The van der Waals surface area contributed by atoms with Gasteiger partial charge in [-0.15, -0.1) is 0 Å². The van der Waals surface area contributed by atoms with E-state index in [0.29, 0.717) is 13.2 Å². The van der Waals surface area contributed by atoms with E-state index in [2.05, 4.69) is 10.2 Å². The second kappa shape index (κ2) is 5.18. The molecule has 5 heteroatoms. The van der Waals surface area contributed by atoms with E-state index in [-0.39, 0.29) is 11.6 Å². The molecule has 0 amide bonds. The van der Waals surface area contributed by atoms with Crippen LogP contribution < -0.4 is 10.5 Å². The molecule has 0 aliphatic carbocycles. The fourth-order valence-electron chi connectivity index (χ4n) is 1.94. The number of H-pyrrole nitrogens is 1. The van der Waals surface area contributed by atoms with Crippen LogP contribution in [0.5, 0.6) is 5.75 Å². The Morgan fingerprint density at radius 1 is 1.44 bits per heavy atom. The van der Waals surface area contributed by atoms with Crippen LogP contribution in [0, 0.1) is 12.7 Å². The zero-order valence-corrected chi connectivity index (χ0v) is 10.5. The second-order valence-corrected chi connectivity index (χ2v) is 3.95. The Balaban J connectivity index is 2.45. The predicted molar refractivity (Wildman–Crippen MR) is 67.8 cm³/mol. The van der Waals surface area contributed by atoms with Gasteiger partial charge in [-0.2, -0.15) is 5.10 Å². The van der Waals surface area contributed by atoms with Gasteiger partial charge in [-0.25, -0.2) is 4.39 Å². The smallest absolute Gasteiger partial charge is 0.165 e. The molecular formula is C13H16FN3O. The van der Waals surface area contributed by atoms with Gasteiger partial charge in [0, 0.05) is 17.8 Å². The summed E-state index contributed by atoms with van der Waals surface area (Å²) < 4.78 is 19.0. The molecule has 0 saturated carbocycles. The third kappa shape index (κ3) is 2.22. The fraction of sp³-hybridized carbons (Fsp3) is 0.308. The van der Waals surface area contributed by atoms with Gasteiger partial charge >= 0.3 is 0 Å². The lowest BCUT2D eigenvalue weighted by Crippen LogP contribution is -1.99. The highest BCUT2D eigenvalue weighted by Crippen LogP contribution is 2.29. The molecule has 0 aliphatic heterocycles. The van der Waals surface area contributed by atoms with Gasteiger partial charge < -0.3 is 10.5 Å². The van der Waals surface area contributed by atoms with Crippen molar-refractivity contribution in [3.8, 4) is 16.9 Å². The molecule has 0 aliphatic rings. The molecule has 1 aromatic heterocycles. The summed E-state index contributed by atoms with van der Waals surface area (Å²) in [6.07, 6.45) is 0. The standard InChI is InChI=1S/C13H16FN3O/c1-3-18-12-5-4-9(6-10(12)14)13-8(2)16-17-11(13)7-15/h4-6H,3,7,15H2,1-2H3,(H,16,17). The van der Waals surface area contributed by atoms with Crippen molar-refractivity contribution in [1.29, 1.82) is 0 Å². The Labute approximate surface area is 105 Å². The van der Waals surface area contributed by atoms with Crippen LogP contribution in [0.2, 0.25) is 0 Å². The molecule has 1 aromatic carbocycles. The number of nitrogens with one attached hydrogen (secondary N) is 1. The Hall–Kier alpha value is -1.88. The first-order valence-corrected chi connectivity index (χ1v) is 5.84. The highest BCUT2D eigenvalue weighted by atomic mass is 19.1. The summed E-state index contributed by atoms with van der Waals surface area (Å²) in [5, 5.41) is 6.96. The maximum absolute atomic E-state index is 13.8. The summed E-state index contributed by atoms with van der Waals surface area (Å²) in [5.41, 5.74) is 8.84. The van der Waals surface area contributed by atoms with E-state index in [0.717, 1.165) is 22.5 Å². The van der Waals surface area contributed by atoms with Crippen molar-refractivity contribution in [2.45, 2.75) is 20.4 Å². The lowest BCUT2D eigenvalue weighted by atomic mass is 10.0. The molecule has 0 atom stereocenters. The second-order valence-electron chi connectivity index (χ2n) is 3.95. The van der Waals surface area contributed by atoms with Crippen molar-refractivity contribution >= 4 is 0 Å². The summed E-state index contributed by atoms with van der Waals surface area (Å²) in [5.74, 6) is -0.116. The molecular weight excluding hydrogens is 233 g/mol. The van der Waals surface area contributed by atoms with Crippen LogP contribution in [0.15, 0.2) is 18.2 Å². The predicted octanol–water partition coefficient (Wildman–Crippen LogP) is 2.38. The van der Waals surface area contributed by atoms with Crippen LogP contribution >= 0.6 is 0 Å². The number of hydrogen-bond acceptors (Lipinski definition) is 3. The lowest BCUT2D eigenvalue weighted by Gasteiger charge is -2.07. The normalized spacial score (nSPS) is 10.7. The molecule has 4 nitrogen and oxygen atoms in total. The topological polar surface area (TPSA) is 63.9 Å². The molecule has 0 unspecified atom stereocenters. The highest BCUT2D eigenvalue weighted by molar-refractivity contribution is 5.69. The monoisotopic (exact) mass is 249 g/mol. The van der Waals surface area contributed by atoms with E-state index in [9.17, 15) is 4.39 Å². The van der Waals surface area contributed by atoms with Crippen LogP contribution in [0.3, 0.4) is 0 Å². The Morgan fingerprint density at radius 3 is 2.83 bits per heavy atom. The number of aryl methyl sites for hydroxylation is 1. The minimum Gasteiger partial charge on any atom is -0.491 e. The van der Waals surface area contributed by atoms with Crippen LogP contribution in [-0.2, 0) is 6.54 Å². The first kappa shape index (κ1) is 12.6. The minimum atomic E-state index is -0.377. The third-order valence-corrected chi connectivity index (χ3v) is 2.74. The maximum atomic E-state index is 13.8. The number of aromatic amines is 1. The average Bonchev–Trinajstić information content (AvgIpc) is 2.73. The van der Waals surface area contributed by atoms with Gasteiger partial charge in [0.05, 0.1) is 12.3 Å². The van der Waals surface area contributed by atoms with Crippen molar-refractivity contribution in [3.05, 3.63) is 35.4 Å². The van der Waals surface area contributed by atoms with Gasteiger partial charge in [0.15, 0.2) is 11.6 Å². The zero-order chi connectivity index (χ0) is 13.1. The van der Waals surface area contributed by atoms with Gasteiger partial charge in [0.2, 0.25) is 0 Å². The van der Waals surface area contributed by atoms with Gasteiger partial charge in [0.1, 0.15) is 0 Å². The number of aromatic nitrogens is 2. The molecule has 2 aromatic rings. The molecule has 0 radical (unpaired) electrons. The Kier molecular flexibility index (Phi) is 3.62. The van der Waals surface area contributed by atoms with Crippen molar-refractivity contribution in [2.75, 3.05) is 6.61 Å². The Morgan fingerprint density at radius 2 is 2.22 bits per heavy atom. The number of halogens is 1. The van der Waals surface area contributed by atoms with Crippen LogP contribution in [-0.4, -0.2) is 16.8 Å². The molecule has 96 valence electrons. The van der Waals surface area contributed by atoms with Gasteiger partial charge in [-0.3, -0.25) is 5.10 Å². The maximum Gasteiger partial charge on any atom is 0.165 e. The quantitative estimate of drug-likeness (QED) is 0.874. The summed E-state index contributed by atoms with van der Waals surface area (Å²) in [6.45, 7) is 4.46. The largest absolute Gasteiger partial charge is 0.491 e. The fourth-order valence-corrected chi connectivity index (χ4v) is 1.94. The van der Waals surface area contributed by atoms with E-state index >= 15 is 0 Å². The SMILES string of the molecule is CCOc1ccc(-c2c(CN)n[nH]c2C)cc1F. The van der Waals surface area contributed by atoms with E-state index in [1.54, 1.807) is 6.07 Å². The molecule has 0 saturated heterocycles. The van der Waals surface area contributed by atoms with Crippen molar-refractivity contribution in [2.24, 2.45) is 5.73 Å². The van der Waals surface area contributed by atoms with Gasteiger partial charge in [-0.05, 0) is 31.5 Å². The Bertz CT molecular complexity index is 551. The van der Waals surface area contributed by atoms with Crippen molar-refractivity contribution in [1.82, 2.24) is 10.2 Å². The molecule has 18 heavy (non-hydrogen) atoms. The molecule has 0 spiro atoms. The number of hydrogen-bond donors (Lipinski definition) is 2. The van der Waals surface area contributed by atoms with E-state index < -0.39 is 0 Å². The first-order chi connectivity index (χ1) is 8.67. The third-order valence-electron chi connectivity index (χ3n) is 2.74. The minimum absolute atomic E-state index is 0.261. The number of rotatable bonds is 4. The summed E-state index contributed by atoms with van der Waals surface area (Å²) >= 11 is 0. The molecule has 0 bridgehead atoms. The highest BCUT2D eigenvalue weighted by Gasteiger charge is 2.13. The lowest BCUT2D eigenvalue weighted by molar-refractivity contribution is 0.321. The van der Waals surface area contributed by atoms with E-state index in [1.165, 1.54) is 6.07 Å². The molecule has 1 heterocycles. The number of nitrogens with two attached hydrogens (primary N) is 1. The first-order valence-electron chi connectivity index (χ1n) is 5.84. The number of nitrogens with zero attached hydrogens (tertiary/aromatic N) is 1. The molecule has 3 N–H and O–H groups in total. The van der Waals surface area contributed by atoms with E-state index in [1.807, 2.05) is 19.9 Å². The van der Waals surface area contributed by atoms with Gasteiger partial charge in [0.25, 0.3) is 0 Å². The average molecular weight is 249 g/mol. The van der Waals surface area contributed by atoms with E-state index in [4.69, 9.17) is 10.5 Å². The van der Waals surface area contributed by atoms with Crippen LogP contribution in [0.4, 0.5) is 4.39 Å². The van der Waals surface area contributed by atoms with Crippen LogP contribution in [0.1, 0.15) is 18.3 Å². The summed E-state index contributed by atoms with van der Waals surface area (Å²) in [6, 6.07) is 4.88.